The van der Waals surface area contributed by atoms with Gasteiger partial charge in [-0.3, -0.25) is 4.79 Å². The molecule has 4 heteroatoms. The number of nitrogens with zero attached hydrogens (tertiary/aromatic N) is 1. The van der Waals surface area contributed by atoms with Gasteiger partial charge in [0.2, 0.25) is 0 Å². The summed E-state index contributed by atoms with van der Waals surface area (Å²) in [6, 6.07) is 0.205. The molecule has 0 bridgehead atoms. The lowest BCUT2D eigenvalue weighted by atomic mass is 10.0. The lowest BCUT2D eigenvalue weighted by Crippen LogP contribution is -2.47. The Balaban J connectivity index is 4.26. The second-order valence-electron chi connectivity index (χ2n) is 4.52. The van der Waals surface area contributed by atoms with E-state index in [2.05, 4.69) is 31.0 Å². The smallest absolute Gasteiger partial charge is 0.324 e. The first-order valence-electron chi connectivity index (χ1n) is 5.98. The quantitative estimate of drug-likeness (QED) is 0.665. The molecule has 96 valence electrons. The van der Waals surface area contributed by atoms with Crippen LogP contribution in [0.2, 0.25) is 0 Å². The molecule has 0 fully saturated rings. The highest BCUT2D eigenvalue weighted by Crippen LogP contribution is 2.08. The maximum atomic E-state index is 11.6. The van der Waals surface area contributed by atoms with E-state index in [1.807, 2.05) is 14.0 Å². The van der Waals surface area contributed by atoms with Crippen molar-refractivity contribution < 1.29 is 9.53 Å². The molecule has 0 saturated heterocycles. The van der Waals surface area contributed by atoms with Crippen LogP contribution in [0.5, 0.6) is 0 Å². The third-order valence-corrected chi connectivity index (χ3v) is 3.05. The van der Waals surface area contributed by atoms with Gasteiger partial charge < -0.3 is 15.0 Å². The summed E-state index contributed by atoms with van der Waals surface area (Å²) in [5.74, 6) is 0.400. The first-order chi connectivity index (χ1) is 7.43. The number of ether oxygens (including phenoxy) is 1. The molecule has 0 radical (unpaired) electrons. The Morgan fingerprint density at radius 2 is 1.94 bits per heavy atom. The second-order valence-corrected chi connectivity index (χ2v) is 4.52. The molecule has 0 aliphatic heterocycles. The topological polar surface area (TPSA) is 41.6 Å². The summed E-state index contributed by atoms with van der Waals surface area (Å²) in [7, 11) is 3.82. The Morgan fingerprint density at radius 1 is 1.38 bits per heavy atom. The Bertz CT molecular complexity index is 207. The molecule has 16 heavy (non-hydrogen) atoms. The van der Waals surface area contributed by atoms with Crippen molar-refractivity contribution in [3.63, 3.8) is 0 Å². The van der Waals surface area contributed by atoms with E-state index in [0.29, 0.717) is 25.1 Å². The van der Waals surface area contributed by atoms with Crippen LogP contribution in [0.15, 0.2) is 0 Å². The molecule has 0 rings (SSSR count). The fourth-order valence-corrected chi connectivity index (χ4v) is 1.49. The predicted octanol–water partition coefficient (Wildman–Crippen LogP) is 1.11. The highest BCUT2D eigenvalue weighted by atomic mass is 16.5. The van der Waals surface area contributed by atoms with Crippen LogP contribution in [0.3, 0.4) is 0 Å². The van der Waals surface area contributed by atoms with Gasteiger partial charge in [-0.1, -0.05) is 13.8 Å². The van der Waals surface area contributed by atoms with Gasteiger partial charge in [0.05, 0.1) is 6.61 Å². The molecule has 0 aromatic carbocycles. The van der Waals surface area contributed by atoms with E-state index in [9.17, 15) is 4.79 Å². The van der Waals surface area contributed by atoms with Crippen molar-refractivity contribution in [2.24, 2.45) is 5.92 Å². The monoisotopic (exact) mass is 230 g/mol. The Labute approximate surface area is 99.3 Å². The van der Waals surface area contributed by atoms with Gasteiger partial charge in [0, 0.05) is 12.6 Å². The standard InChI is InChI=1S/C12H26N2O2/c1-7-16-12(15)11(13-5)8-14(6)10(4)9(2)3/h9-11,13H,7-8H2,1-6H3. The summed E-state index contributed by atoms with van der Waals surface area (Å²) in [6.45, 7) is 9.46. The first kappa shape index (κ1) is 15.4. The van der Waals surface area contributed by atoms with Crippen LogP contribution in [-0.2, 0) is 9.53 Å². The largest absolute Gasteiger partial charge is 0.465 e. The fraction of sp³-hybridized carbons (Fsp3) is 0.917. The molecule has 2 unspecified atom stereocenters. The predicted molar refractivity (Wildman–Crippen MR) is 66.4 cm³/mol. The van der Waals surface area contributed by atoms with Crippen molar-refractivity contribution >= 4 is 5.97 Å². The molecule has 0 spiro atoms. The zero-order valence-electron chi connectivity index (χ0n) is 11.4. The van der Waals surface area contributed by atoms with Crippen LogP contribution in [0.1, 0.15) is 27.7 Å². The third kappa shape index (κ3) is 4.94. The van der Waals surface area contributed by atoms with E-state index < -0.39 is 0 Å². The number of hydrogen-bond acceptors (Lipinski definition) is 4. The number of rotatable bonds is 7. The van der Waals surface area contributed by atoms with Gasteiger partial charge in [-0.05, 0) is 33.9 Å². The van der Waals surface area contributed by atoms with E-state index in [1.54, 1.807) is 7.05 Å². The van der Waals surface area contributed by atoms with E-state index in [0.717, 1.165) is 0 Å². The van der Waals surface area contributed by atoms with E-state index in [4.69, 9.17) is 4.74 Å². The lowest BCUT2D eigenvalue weighted by Gasteiger charge is -2.30. The number of hydrogen-bond donors (Lipinski definition) is 1. The maximum Gasteiger partial charge on any atom is 0.324 e. The van der Waals surface area contributed by atoms with Gasteiger partial charge in [0.1, 0.15) is 6.04 Å². The van der Waals surface area contributed by atoms with Crippen LogP contribution in [0.25, 0.3) is 0 Å². The van der Waals surface area contributed by atoms with Crippen LogP contribution in [0, 0.1) is 5.92 Å². The number of esters is 1. The molecule has 4 nitrogen and oxygen atoms in total. The summed E-state index contributed by atoms with van der Waals surface area (Å²) < 4.78 is 5.01. The minimum absolute atomic E-state index is 0.173. The minimum Gasteiger partial charge on any atom is -0.465 e. The van der Waals surface area contributed by atoms with Crippen molar-refractivity contribution in [2.45, 2.75) is 39.8 Å². The molecule has 0 aromatic heterocycles. The van der Waals surface area contributed by atoms with Crippen molar-refractivity contribution in [2.75, 3.05) is 27.2 Å². The average molecular weight is 230 g/mol. The molecule has 1 N–H and O–H groups in total. The summed E-state index contributed by atoms with van der Waals surface area (Å²) in [6.07, 6.45) is 0. The summed E-state index contributed by atoms with van der Waals surface area (Å²) in [4.78, 5) is 13.8. The molecular formula is C12H26N2O2. The van der Waals surface area contributed by atoms with Crippen LogP contribution >= 0.6 is 0 Å². The molecule has 0 heterocycles. The second kappa shape index (κ2) is 7.63. The van der Waals surface area contributed by atoms with E-state index in [-0.39, 0.29) is 12.0 Å². The van der Waals surface area contributed by atoms with Gasteiger partial charge >= 0.3 is 5.97 Å². The van der Waals surface area contributed by atoms with Crippen molar-refractivity contribution in [1.82, 2.24) is 10.2 Å². The maximum absolute atomic E-state index is 11.6. The number of likely N-dealkylation sites (N-methyl/N-ethyl adjacent to an activating group) is 2. The molecule has 0 amide bonds. The Kier molecular flexibility index (Phi) is 7.34. The van der Waals surface area contributed by atoms with Crippen molar-refractivity contribution in [3.05, 3.63) is 0 Å². The minimum atomic E-state index is -0.244. The molecule has 0 aliphatic rings. The van der Waals surface area contributed by atoms with Crippen molar-refractivity contribution in [1.29, 1.82) is 0 Å². The summed E-state index contributed by atoms with van der Waals surface area (Å²) >= 11 is 0. The lowest BCUT2D eigenvalue weighted by molar-refractivity contribution is -0.146. The number of carbonyl (C=O) groups is 1. The van der Waals surface area contributed by atoms with Crippen LogP contribution in [-0.4, -0.2) is 50.2 Å². The summed E-state index contributed by atoms with van der Waals surface area (Å²) in [5, 5.41) is 3.00. The van der Waals surface area contributed by atoms with Gasteiger partial charge in [-0.2, -0.15) is 0 Å². The van der Waals surface area contributed by atoms with Gasteiger partial charge in [0.15, 0.2) is 0 Å². The Hall–Kier alpha value is -0.610. The highest BCUT2D eigenvalue weighted by Gasteiger charge is 2.22. The molecule has 0 aliphatic carbocycles. The zero-order valence-corrected chi connectivity index (χ0v) is 11.4. The van der Waals surface area contributed by atoms with Crippen molar-refractivity contribution in [3.8, 4) is 0 Å². The third-order valence-electron chi connectivity index (χ3n) is 3.05. The van der Waals surface area contributed by atoms with Crippen LogP contribution < -0.4 is 5.32 Å². The zero-order chi connectivity index (χ0) is 12.7. The average Bonchev–Trinajstić information content (AvgIpc) is 2.24. The SMILES string of the molecule is CCOC(=O)C(CN(C)C(C)C(C)C)NC. The number of nitrogens with one attached hydrogen (secondary N) is 1. The molecule has 0 aromatic rings. The normalized spacial score (nSPS) is 15.2. The molecular weight excluding hydrogens is 204 g/mol. The number of carbonyl (C=O) groups excluding carboxylic acids is 1. The molecule has 2 atom stereocenters. The van der Waals surface area contributed by atoms with Gasteiger partial charge in [-0.25, -0.2) is 0 Å². The molecule has 0 saturated carbocycles. The highest BCUT2D eigenvalue weighted by molar-refractivity contribution is 5.76. The van der Waals surface area contributed by atoms with Crippen LogP contribution in [0.4, 0.5) is 0 Å². The Morgan fingerprint density at radius 3 is 2.31 bits per heavy atom. The van der Waals surface area contributed by atoms with Gasteiger partial charge in [0.25, 0.3) is 0 Å². The van der Waals surface area contributed by atoms with Gasteiger partial charge in [-0.15, -0.1) is 0 Å². The fourth-order valence-electron chi connectivity index (χ4n) is 1.49. The first-order valence-corrected chi connectivity index (χ1v) is 5.98. The summed E-state index contributed by atoms with van der Waals surface area (Å²) in [5.41, 5.74) is 0. The van der Waals surface area contributed by atoms with E-state index in [1.165, 1.54) is 0 Å². The van der Waals surface area contributed by atoms with E-state index >= 15 is 0 Å².